The topological polar surface area (TPSA) is 76.7 Å². The number of nitrogens with zero attached hydrogens (tertiary/aromatic N) is 4. The molecular weight excluding hydrogens is 286 g/mol. The van der Waals surface area contributed by atoms with Gasteiger partial charge in [0.2, 0.25) is 0 Å². The van der Waals surface area contributed by atoms with Crippen LogP contribution in [0.25, 0.3) is 10.8 Å². The summed E-state index contributed by atoms with van der Waals surface area (Å²) in [6.07, 6.45) is 1.56. The van der Waals surface area contributed by atoms with Crippen LogP contribution in [0, 0.1) is 0 Å². The maximum Gasteiger partial charge on any atom is 0.268 e. The Balaban J connectivity index is 1.67. The summed E-state index contributed by atoms with van der Waals surface area (Å²) in [5, 5.41) is 9.12. The van der Waals surface area contributed by atoms with Gasteiger partial charge in [-0.25, -0.2) is 9.97 Å². The molecule has 0 atom stereocenters. The van der Waals surface area contributed by atoms with Crippen LogP contribution in [0.5, 0.6) is 0 Å². The van der Waals surface area contributed by atoms with Gasteiger partial charge in [-0.3, -0.25) is 0 Å². The Labute approximate surface area is 126 Å². The van der Waals surface area contributed by atoms with Crippen molar-refractivity contribution < 1.29 is 4.52 Å². The molecule has 0 saturated carbocycles. The normalized spacial score (nSPS) is 11.0. The smallest absolute Gasteiger partial charge is 0.268 e. The van der Waals surface area contributed by atoms with Crippen LogP contribution in [0.2, 0.25) is 0 Å². The molecule has 0 aromatic carbocycles. The van der Waals surface area contributed by atoms with Gasteiger partial charge < -0.3 is 9.84 Å². The first-order valence-electron chi connectivity index (χ1n) is 6.64. The van der Waals surface area contributed by atoms with Crippen LogP contribution in [0.15, 0.2) is 34.4 Å². The van der Waals surface area contributed by atoms with E-state index in [0.29, 0.717) is 24.2 Å². The molecule has 1 N–H and O–H groups in total. The molecule has 3 rings (SSSR count). The van der Waals surface area contributed by atoms with E-state index in [-0.39, 0.29) is 0 Å². The molecule has 7 heteroatoms. The van der Waals surface area contributed by atoms with Crippen LogP contribution < -0.4 is 5.32 Å². The van der Waals surface area contributed by atoms with E-state index in [4.69, 9.17) is 4.52 Å². The minimum Gasteiger partial charge on any atom is -0.363 e. The molecule has 0 unspecified atom stereocenters. The number of thiophene rings is 1. The second kappa shape index (κ2) is 6.01. The van der Waals surface area contributed by atoms with Gasteiger partial charge >= 0.3 is 0 Å². The Bertz CT molecular complexity index is 708. The van der Waals surface area contributed by atoms with Gasteiger partial charge in [0.25, 0.3) is 5.89 Å². The summed E-state index contributed by atoms with van der Waals surface area (Å²) in [7, 11) is 0. The van der Waals surface area contributed by atoms with Gasteiger partial charge in [0, 0.05) is 11.8 Å². The Morgan fingerprint density at radius 3 is 3.00 bits per heavy atom. The SMILES string of the molecule is CC(C)c1cc(NCc2noc(-c3cccs3)n2)ncn1. The maximum atomic E-state index is 5.24. The average molecular weight is 301 g/mol. The highest BCUT2D eigenvalue weighted by atomic mass is 32.1. The molecule has 0 fully saturated rings. The van der Waals surface area contributed by atoms with Gasteiger partial charge in [-0.1, -0.05) is 25.1 Å². The zero-order chi connectivity index (χ0) is 14.7. The van der Waals surface area contributed by atoms with Gasteiger partial charge in [0.1, 0.15) is 12.1 Å². The highest BCUT2D eigenvalue weighted by Crippen LogP contribution is 2.22. The van der Waals surface area contributed by atoms with Gasteiger partial charge in [0.05, 0.1) is 11.4 Å². The number of hydrogen-bond donors (Lipinski definition) is 1. The summed E-state index contributed by atoms with van der Waals surface area (Å²) >= 11 is 1.57. The van der Waals surface area contributed by atoms with E-state index in [9.17, 15) is 0 Å². The van der Waals surface area contributed by atoms with E-state index >= 15 is 0 Å². The zero-order valence-electron chi connectivity index (χ0n) is 11.8. The lowest BCUT2D eigenvalue weighted by Crippen LogP contribution is -2.04. The summed E-state index contributed by atoms with van der Waals surface area (Å²) in [6, 6.07) is 5.84. The first-order chi connectivity index (χ1) is 10.2. The monoisotopic (exact) mass is 301 g/mol. The van der Waals surface area contributed by atoms with Crippen LogP contribution in [-0.2, 0) is 6.54 Å². The minimum absolute atomic E-state index is 0.365. The van der Waals surface area contributed by atoms with Crippen LogP contribution in [0.3, 0.4) is 0 Å². The molecular formula is C14H15N5OS. The summed E-state index contributed by atoms with van der Waals surface area (Å²) < 4.78 is 5.24. The largest absolute Gasteiger partial charge is 0.363 e. The fourth-order valence-electron chi connectivity index (χ4n) is 1.78. The molecule has 0 radical (unpaired) electrons. The zero-order valence-corrected chi connectivity index (χ0v) is 12.6. The third-order valence-electron chi connectivity index (χ3n) is 2.91. The highest BCUT2D eigenvalue weighted by molar-refractivity contribution is 7.13. The van der Waals surface area contributed by atoms with E-state index in [1.54, 1.807) is 17.7 Å². The molecule has 3 aromatic rings. The Hall–Kier alpha value is -2.28. The van der Waals surface area contributed by atoms with Crippen molar-refractivity contribution in [2.75, 3.05) is 5.32 Å². The number of rotatable bonds is 5. The van der Waals surface area contributed by atoms with E-state index in [0.717, 1.165) is 16.4 Å². The molecule has 0 aliphatic heterocycles. The fraction of sp³-hybridized carbons (Fsp3) is 0.286. The molecule has 0 bridgehead atoms. The van der Waals surface area contributed by atoms with E-state index in [1.165, 1.54) is 0 Å². The van der Waals surface area contributed by atoms with Crippen LogP contribution in [-0.4, -0.2) is 20.1 Å². The van der Waals surface area contributed by atoms with Gasteiger partial charge in [-0.05, 0) is 17.4 Å². The number of anilines is 1. The lowest BCUT2D eigenvalue weighted by molar-refractivity contribution is 0.424. The van der Waals surface area contributed by atoms with E-state index < -0.39 is 0 Å². The van der Waals surface area contributed by atoms with Crippen LogP contribution in [0.1, 0.15) is 31.3 Å². The van der Waals surface area contributed by atoms with Crippen LogP contribution in [0.4, 0.5) is 5.82 Å². The van der Waals surface area contributed by atoms with Crippen molar-refractivity contribution in [1.29, 1.82) is 0 Å². The van der Waals surface area contributed by atoms with Crippen molar-refractivity contribution in [3.05, 3.63) is 41.4 Å². The molecule has 3 aromatic heterocycles. The summed E-state index contributed by atoms with van der Waals surface area (Å²) in [4.78, 5) is 13.7. The maximum absolute atomic E-state index is 5.24. The predicted octanol–water partition coefficient (Wildman–Crippen LogP) is 3.32. The fourth-order valence-corrected chi connectivity index (χ4v) is 2.43. The van der Waals surface area contributed by atoms with Crippen molar-refractivity contribution in [2.24, 2.45) is 0 Å². The lowest BCUT2D eigenvalue weighted by Gasteiger charge is -2.06. The molecule has 108 valence electrons. The molecule has 21 heavy (non-hydrogen) atoms. The van der Waals surface area contributed by atoms with Crippen molar-refractivity contribution in [1.82, 2.24) is 20.1 Å². The van der Waals surface area contributed by atoms with Crippen LogP contribution >= 0.6 is 11.3 Å². The second-order valence-electron chi connectivity index (χ2n) is 4.83. The van der Waals surface area contributed by atoms with Crippen molar-refractivity contribution in [3.63, 3.8) is 0 Å². The van der Waals surface area contributed by atoms with Gasteiger partial charge in [0.15, 0.2) is 5.82 Å². The Kier molecular flexibility index (Phi) is 3.92. The number of hydrogen-bond acceptors (Lipinski definition) is 7. The van der Waals surface area contributed by atoms with Crippen molar-refractivity contribution in [2.45, 2.75) is 26.3 Å². The minimum atomic E-state index is 0.365. The second-order valence-corrected chi connectivity index (χ2v) is 5.78. The summed E-state index contributed by atoms with van der Waals surface area (Å²) in [6.45, 7) is 4.65. The van der Waals surface area contributed by atoms with Gasteiger partial charge in [-0.2, -0.15) is 4.98 Å². The van der Waals surface area contributed by atoms with Gasteiger partial charge in [-0.15, -0.1) is 11.3 Å². The predicted molar refractivity (Wildman–Crippen MR) is 81.1 cm³/mol. The lowest BCUT2D eigenvalue weighted by atomic mass is 10.1. The first-order valence-corrected chi connectivity index (χ1v) is 7.52. The number of nitrogens with one attached hydrogen (secondary N) is 1. The third kappa shape index (κ3) is 3.25. The average Bonchev–Trinajstić information content (AvgIpc) is 3.16. The van der Waals surface area contributed by atoms with E-state index in [1.807, 2.05) is 23.6 Å². The quantitative estimate of drug-likeness (QED) is 0.779. The first kappa shape index (κ1) is 13.7. The number of aromatic nitrogens is 4. The van der Waals surface area contributed by atoms with Crippen molar-refractivity contribution >= 4 is 17.2 Å². The summed E-state index contributed by atoms with van der Waals surface area (Å²) in [5.74, 6) is 2.27. The van der Waals surface area contributed by atoms with Crippen molar-refractivity contribution in [3.8, 4) is 10.8 Å². The Morgan fingerprint density at radius 2 is 2.24 bits per heavy atom. The molecule has 0 aliphatic rings. The molecule has 0 saturated heterocycles. The summed E-state index contributed by atoms with van der Waals surface area (Å²) in [5.41, 5.74) is 1.000. The molecule has 0 spiro atoms. The molecule has 0 aliphatic carbocycles. The molecule has 6 nitrogen and oxygen atoms in total. The Morgan fingerprint density at radius 1 is 1.33 bits per heavy atom. The highest BCUT2D eigenvalue weighted by Gasteiger charge is 2.10. The molecule has 0 amide bonds. The molecule has 3 heterocycles. The standard InChI is InChI=1S/C14H15N5OS/c1-9(2)10-6-12(17-8-16-10)15-7-13-18-14(20-19-13)11-4-3-5-21-11/h3-6,8-9H,7H2,1-2H3,(H,15,16,17). The third-order valence-corrected chi connectivity index (χ3v) is 3.77. The van der Waals surface area contributed by atoms with E-state index in [2.05, 4.69) is 39.3 Å².